The van der Waals surface area contributed by atoms with Gasteiger partial charge in [0, 0.05) is 22.9 Å². The lowest BCUT2D eigenvalue weighted by atomic mass is 9.99. The van der Waals surface area contributed by atoms with Crippen LogP contribution in [0, 0.1) is 17.0 Å². The molecule has 0 saturated carbocycles. The van der Waals surface area contributed by atoms with E-state index in [0.29, 0.717) is 11.5 Å². The Kier molecular flexibility index (Phi) is 6.41. The van der Waals surface area contributed by atoms with Gasteiger partial charge < -0.3 is 5.32 Å². The van der Waals surface area contributed by atoms with Crippen molar-refractivity contribution in [1.82, 2.24) is 5.32 Å². The van der Waals surface area contributed by atoms with E-state index in [-0.39, 0.29) is 16.4 Å². The van der Waals surface area contributed by atoms with Gasteiger partial charge >= 0.3 is 0 Å². The van der Waals surface area contributed by atoms with Gasteiger partial charge in [0.05, 0.1) is 4.92 Å². The molecule has 7 heteroatoms. The Bertz CT molecular complexity index is 834. The van der Waals surface area contributed by atoms with Gasteiger partial charge in [-0.25, -0.2) is 0 Å². The largest absolute Gasteiger partial charge is 0.332 e. The third-order valence-corrected chi connectivity index (χ3v) is 4.45. The molecule has 6 nitrogen and oxygen atoms in total. The Labute approximate surface area is 157 Å². The highest BCUT2D eigenvalue weighted by atomic mass is 32.1. The number of nitrogens with zero attached hydrogens (tertiary/aromatic N) is 1. The fourth-order valence-corrected chi connectivity index (χ4v) is 2.63. The number of amides is 1. The zero-order valence-electron chi connectivity index (χ0n) is 14.9. The molecule has 2 aromatic carbocycles. The zero-order valence-corrected chi connectivity index (χ0v) is 15.7. The van der Waals surface area contributed by atoms with Crippen molar-refractivity contribution in [2.75, 3.05) is 5.32 Å². The van der Waals surface area contributed by atoms with Gasteiger partial charge in [-0.1, -0.05) is 32.0 Å². The number of aryl methyl sites for hydroxylation is 1. The van der Waals surface area contributed by atoms with Gasteiger partial charge in [-0.3, -0.25) is 20.2 Å². The lowest BCUT2D eigenvalue weighted by molar-refractivity contribution is -0.385. The fraction of sp³-hybridized carbons (Fsp3) is 0.263. The molecule has 1 amide bonds. The lowest BCUT2D eigenvalue weighted by Crippen LogP contribution is -2.34. The molecule has 26 heavy (non-hydrogen) atoms. The first kappa shape index (κ1) is 19.5. The third-order valence-electron chi connectivity index (χ3n) is 4.25. The predicted octanol–water partition coefficient (Wildman–Crippen LogP) is 4.54. The average Bonchev–Trinajstić information content (AvgIpc) is 2.61. The van der Waals surface area contributed by atoms with Crippen molar-refractivity contribution in [2.45, 2.75) is 33.1 Å². The summed E-state index contributed by atoms with van der Waals surface area (Å²) >= 11 is 5.15. The van der Waals surface area contributed by atoms with Crippen molar-refractivity contribution in [1.29, 1.82) is 0 Å². The standard InChI is InChI=1S/C19H21N3O3S/c1-4-12(2)14-7-9-16(10-8-14)20-19(26)21-18(23)15-6-5-13(3)17(11-15)22(24)25/h5-12H,4H2,1-3H3,(H2,20,21,23,26)/t12-/m0/s1. The van der Waals surface area contributed by atoms with Crippen LogP contribution in [-0.2, 0) is 0 Å². The molecule has 0 aliphatic heterocycles. The van der Waals surface area contributed by atoms with Crippen LogP contribution in [0.5, 0.6) is 0 Å². The molecule has 0 bridgehead atoms. The van der Waals surface area contributed by atoms with Gasteiger partial charge in [0.25, 0.3) is 11.6 Å². The Balaban J connectivity index is 2.02. The second-order valence-electron chi connectivity index (χ2n) is 6.10. The van der Waals surface area contributed by atoms with Crippen LogP contribution >= 0.6 is 12.2 Å². The minimum Gasteiger partial charge on any atom is -0.332 e. The first-order valence-electron chi connectivity index (χ1n) is 8.29. The molecule has 2 N–H and O–H groups in total. The molecule has 1 atom stereocenters. The highest BCUT2D eigenvalue weighted by molar-refractivity contribution is 7.80. The Morgan fingerprint density at radius 3 is 2.46 bits per heavy atom. The Morgan fingerprint density at radius 1 is 1.23 bits per heavy atom. The summed E-state index contributed by atoms with van der Waals surface area (Å²) in [6, 6.07) is 12.1. The van der Waals surface area contributed by atoms with Crippen molar-refractivity contribution in [2.24, 2.45) is 0 Å². The number of nitro benzene ring substituents is 1. The minimum absolute atomic E-state index is 0.0999. The van der Waals surface area contributed by atoms with Crippen molar-refractivity contribution in [3.05, 3.63) is 69.3 Å². The van der Waals surface area contributed by atoms with Gasteiger partial charge in [0.1, 0.15) is 0 Å². The van der Waals surface area contributed by atoms with Crippen molar-refractivity contribution >= 4 is 34.6 Å². The molecule has 0 radical (unpaired) electrons. The van der Waals surface area contributed by atoms with Crippen LogP contribution in [-0.4, -0.2) is 15.9 Å². The number of nitrogens with one attached hydrogen (secondary N) is 2. The smallest absolute Gasteiger partial charge is 0.273 e. The third kappa shape index (κ3) is 4.86. The zero-order chi connectivity index (χ0) is 19.3. The van der Waals surface area contributed by atoms with Crippen LogP contribution in [0.4, 0.5) is 11.4 Å². The maximum atomic E-state index is 12.3. The number of nitro groups is 1. The molecule has 0 heterocycles. The normalized spacial score (nSPS) is 11.5. The van der Waals surface area contributed by atoms with E-state index in [1.807, 2.05) is 24.3 Å². The average molecular weight is 371 g/mol. The molecular formula is C19H21N3O3S. The van der Waals surface area contributed by atoms with E-state index in [2.05, 4.69) is 24.5 Å². The molecule has 0 saturated heterocycles. The van der Waals surface area contributed by atoms with Crippen LogP contribution in [0.3, 0.4) is 0 Å². The van der Waals surface area contributed by atoms with Crippen molar-refractivity contribution in [3.63, 3.8) is 0 Å². The Hall–Kier alpha value is -2.80. The number of thiocarbonyl (C=S) groups is 1. The number of benzene rings is 2. The summed E-state index contributed by atoms with van der Waals surface area (Å²) in [5.41, 5.74) is 2.57. The molecular weight excluding hydrogens is 350 g/mol. The second-order valence-corrected chi connectivity index (χ2v) is 6.51. The summed E-state index contributed by atoms with van der Waals surface area (Å²) in [5, 5.41) is 16.6. The van der Waals surface area contributed by atoms with Crippen LogP contribution in [0.25, 0.3) is 0 Å². The molecule has 136 valence electrons. The fourth-order valence-electron chi connectivity index (χ4n) is 2.42. The summed E-state index contributed by atoms with van der Waals surface area (Å²) in [5.74, 6) is -0.0187. The van der Waals surface area contributed by atoms with Crippen molar-refractivity contribution < 1.29 is 9.72 Å². The molecule has 0 unspecified atom stereocenters. The maximum Gasteiger partial charge on any atom is 0.273 e. The number of anilines is 1. The van der Waals surface area contributed by atoms with E-state index >= 15 is 0 Å². The van der Waals surface area contributed by atoms with Gasteiger partial charge in [-0.05, 0) is 55.2 Å². The summed E-state index contributed by atoms with van der Waals surface area (Å²) in [6.07, 6.45) is 1.06. The van der Waals surface area contributed by atoms with Gasteiger partial charge in [0.15, 0.2) is 5.11 Å². The molecule has 0 spiro atoms. The van der Waals surface area contributed by atoms with E-state index in [9.17, 15) is 14.9 Å². The first-order valence-corrected chi connectivity index (χ1v) is 8.70. The van der Waals surface area contributed by atoms with Gasteiger partial charge in [0.2, 0.25) is 0 Å². The SMILES string of the molecule is CC[C@H](C)c1ccc(NC(=S)NC(=O)c2ccc(C)c([N+](=O)[O-])c2)cc1. The number of hydrogen-bond donors (Lipinski definition) is 2. The topological polar surface area (TPSA) is 84.3 Å². The summed E-state index contributed by atoms with van der Waals surface area (Å²) in [4.78, 5) is 22.7. The lowest BCUT2D eigenvalue weighted by Gasteiger charge is -2.12. The maximum absolute atomic E-state index is 12.3. The summed E-state index contributed by atoms with van der Waals surface area (Å²) in [6.45, 7) is 5.92. The first-order chi connectivity index (χ1) is 12.3. The van der Waals surface area contributed by atoms with Crippen LogP contribution < -0.4 is 10.6 Å². The molecule has 2 rings (SSSR count). The summed E-state index contributed by atoms with van der Waals surface area (Å²) in [7, 11) is 0. The number of carbonyl (C=O) groups excluding carboxylic acids is 1. The Morgan fingerprint density at radius 2 is 1.88 bits per heavy atom. The van der Waals surface area contributed by atoms with E-state index in [1.165, 1.54) is 23.8 Å². The van der Waals surface area contributed by atoms with Crippen LogP contribution in [0.2, 0.25) is 0 Å². The number of rotatable bonds is 5. The monoisotopic (exact) mass is 371 g/mol. The quantitative estimate of drug-likeness (QED) is 0.458. The minimum atomic E-state index is -0.512. The predicted molar refractivity (Wildman–Crippen MR) is 107 cm³/mol. The molecule has 0 aliphatic rings. The molecule has 0 fully saturated rings. The summed E-state index contributed by atoms with van der Waals surface area (Å²) < 4.78 is 0. The van der Waals surface area contributed by atoms with Gasteiger partial charge in [-0.2, -0.15) is 0 Å². The van der Waals surface area contributed by atoms with E-state index in [0.717, 1.165) is 12.1 Å². The highest BCUT2D eigenvalue weighted by Crippen LogP contribution is 2.21. The van der Waals surface area contributed by atoms with E-state index < -0.39 is 10.8 Å². The second kappa shape index (κ2) is 8.53. The van der Waals surface area contributed by atoms with Crippen molar-refractivity contribution in [3.8, 4) is 0 Å². The van der Waals surface area contributed by atoms with Gasteiger partial charge in [-0.15, -0.1) is 0 Å². The molecule has 2 aromatic rings. The number of carbonyl (C=O) groups is 1. The van der Waals surface area contributed by atoms with Crippen LogP contribution in [0.1, 0.15) is 47.7 Å². The highest BCUT2D eigenvalue weighted by Gasteiger charge is 2.15. The van der Waals surface area contributed by atoms with E-state index in [4.69, 9.17) is 12.2 Å². The molecule has 0 aliphatic carbocycles. The van der Waals surface area contributed by atoms with E-state index in [1.54, 1.807) is 6.92 Å². The van der Waals surface area contributed by atoms with Crippen LogP contribution in [0.15, 0.2) is 42.5 Å². The number of hydrogen-bond acceptors (Lipinski definition) is 4. The molecule has 0 aromatic heterocycles.